The molecule has 1 N–H and O–H groups in total. The van der Waals surface area contributed by atoms with Gasteiger partial charge in [0.2, 0.25) is 0 Å². The first-order valence-corrected chi connectivity index (χ1v) is 9.40. The van der Waals surface area contributed by atoms with Crippen LogP contribution in [0.1, 0.15) is 20.0 Å². The van der Waals surface area contributed by atoms with Crippen molar-refractivity contribution in [3.8, 4) is 10.7 Å². The Labute approximate surface area is 165 Å². The van der Waals surface area contributed by atoms with E-state index in [1.54, 1.807) is 30.3 Å². The van der Waals surface area contributed by atoms with Crippen LogP contribution in [0.4, 0.5) is 5.69 Å². The Hall–Kier alpha value is -3.45. The molecule has 2 aromatic heterocycles. The van der Waals surface area contributed by atoms with E-state index < -0.39 is 5.97 Å². The van der Waals surface area contributed by atoms with Gasteiger partial charge in [-0.3, -0.25) is 4.79 Å². The van der Waals surface area contributed by atoms with Gasteiger partial charge in [0.05, 0.1) is 33.5 Å². The van der Waals surface area contributed by atoms with Crippen molar-refractivity contribution < 1.29 is 14.3 Å². The summed E-state index contributed by atoms with van der Waals surface area (Å²) in [6.45, 7) is 0. The van der Waals surface area contributed by atoms with Crippen molar-refractivity contribution in [3.63, 3.8) is 0 Å². The molecule has 4 aromatic rings. The molecule has 0 saturated carbocycles. The molecule has 2 aromatic carbocycles. The summed E-state index contributed by atoms with van der Waals surface area (Å²) in [6, 6.07) is 18.2. The maximum atomic E-state index is 12.6. The third-order valence-corrected chi connectivity index (χ3v) is 5.48. The van der Waals surface area contributed by atoms with Crippen molar-refractivity contribution >= 4 is 39.9 Å². The van der Waals surface area contributed by atoms with Crippen LogP contribution in [-0.2, 0) is 11.8 Å². The SMILES string of the molecule is COC(=O)c1ccc(NC(=O)c2ccc(-c3nc4ccccc4n3C)s2)cc1. The van der Waals surface area contributed by atoms with E-state index >= 15 is 0 Å². The molecule has 28 heavy (non-hydrogen) atoms. The van der Waals surface area contributed by atoms with Crippen LogP contribution in [0.5, 0.6) is 0 Å². The minimum Gasteiger partial charge on any atom is -0.465 e. The van der Waals surface area contributed by atoms with Gasteiger partial charge in [0.25, 0.3) is 5.91 Å². The van der Waals surface area contributed by atoms with Crippen LogP contribution in [0.25, 0.3) is 21.7 Å². The van der Waals surface area contributed by atoms with Gasteiger partial charge < -0.3 is 14.6 Å². The number of carbonyl (C=O) groups is 2. The Bertz CT molecular complexity index is 1180. The molecule has 0 aliphatic rings. The molecule has 7 heteroatoms. The van der Waals surface area contributed by atoms with E-state index in [9.17, 15) is 9.59 Å². The van der Waals surface area contributed by atoms with Crippen LogP contribution in [0.2, 0.25) is 0 Å². The van der Waals surface area contributed by atoms with Crippen molar-refractivity contribution in [2.75, 3.05) is 12.4 Å². The quantitative estimate of drug-likeness (QED) is 0.525. The molecule has 0 radical (unpaired) electrons. The minimum absolute atomic E-state index is 0.208. The van der Waals surface area contributed by atoms with Crippen molar-refractivity contribution in [1.29, 1.82) is 0 Å². The van der Waals surface area contributed by atoms with Gasteiger partial charge in [0, 0.05) is 12.7 Å². The molecule has 2 heterocycles. The lowest BCUT2D eigenvalue weighted by atomic mass is 10.2. The molecule has 0 atom stereocenters. The maximum absolute atomic E-state index is 12.6. The summed E-state index contributed by atoms with van der Waals surface area (Å²) in [4.78, 5) is 30.2. The summed E-state index contributed by atoms with van der Waals surface area (Å²) in [7, 11) is 3.30. The van der Waals surface area contributed by atoms with Crippen molar-refractivity contribution in [1.82, 2.24) is 9.55 Å². The van der Waals surface area contributed by atoms with Crippen LogP contribution in [-0.4, -0.2) is 28.5 Å². The van der Waals surface area contributed by atoms with Gasteiger partial charge >= 0.3 is 5.97 Å². The Morgan fingerprint density at radius 3 is 2.50 bits per heavy atom. The van der Waals surface area contributed by atoms with Crippen LogP contribution in [0, 0.1) is 0 Å². The molecule has 1 amide bonds. The molecular weight excluding hydrogens is 374 g/mol. The molecule has 0 aliphatic heterocycles. The van der Waals surface area contributed by atoms with Crippen LogP contribution in [0.3, 0.4) is 0 Å². The molecule has 4 rings (SSSR count). The van der Waals surface area contributed by atoms with E-state index in [0.29, 0.717) is 16.1 Å². The summed E-state index contributed by atoms with van der Waals surface area (Å²) >= 11 is 1.38. The summed E-state index contributed by atoms with van der Waals surface area (Å²) in [5.74, 6) is 0.205. The van der Waals surface area contributed by atoms with Gasteiger partial charge in [-0.25, -0.2) is 9.78 Å². The van der Waals surface area contributed by atoms with Gasteiger partial charge in [-0.15, -0.1) is 11.3 Å². The fraction of sp³-hybridized carbons (Fsp3) is 0.0952. The summed E-state index contributed by atoms with van der Waals surface area (Å²) in [6.07, 6.45) is 0. The summed E-state index contributed by atoms with van der Waals surface area (Å²) in [5, 5.41) is 2.84. The summed E-state index contributed by atoms with van der Waals surface area (Å²) in [5.41, 5.74) is 3.00. The van der Waals surface area contributed by atoms with Crippen molar-refractivity contribution in [2.45, 2.75) is 0 Å². The number of nitrogens with zero attached hydrogens (tertiary/aromatic N) is 2. The molecule has 0 saturated heterocycles. The first-order chi connectivity index (χ1) is 13.6. The lowest BCUT2D eigenvalue weighted by Gasteiger charge is -2.04. The van der Waals surface area contributed by atoms with Gasteiger partial charge in [-0.05, 0) is 48.5 Å². The molecule has 0 spiro atoms. The number of imidazole rings is 1. The average Bonchev–Trinajstić information content (AvgIpc) is 3.33. The zero-order valence-electron chi connectivity index (χ0n) is 15.3. The molecule has 6 nitrogen and oxygen atoms in total. The number of thiophene rings is 1. The number of aryl methyl sites for hydroxylation is 1. The van der Waals surface area contributed by atoms with Crippen molar-refractivity contribution in [3.05, 3.63) is 71.1 Å². The van der Waals surface area contributed by atoms with Gasteiger partial charge in [-0.2, -0.15) is 0 Å². The molecule has 0 bridgehead atoms. The number of rotatable bonds is 4. The van der Waals surface area contributed by atoms with E-state index in [0.717, 1.165) is 21.7 Å². The van der Waals surface area contributed by atoms with Gasteiger partial charge in [-0.1, -0.05) is 12.1 Å². The largest absolute Gasteiger partial charge is 0.465 e. The predicted octanol–water partition coefficient (Wildman–Crippen LogP) is 4.34. The second-order valence-corrected chi connectivity index (χ2v) is 7.25. The second-order valence-electron chi connectivity index (χ2n) is 6.17. The van der Waals surface area contributed by atoms with E-state index in [2.05, 4.69) is 15.0 Å². The Morgan fingerprint density at radius 1 is 1.04 bits per heavy atom. The molecule has 0 fully saturated rings. The highest BCUT2D eigenvalue weighted by molar-refractivity contribution is 7.17. The fourth-order valence-corrected chi connectivity index (χ4v) is 3.87. The van der Waals surface area contributed by atoms with Gasteiger partial charge in [0.15, 0.2) is 5.82 Å². The number of anilines is 1. The van der Waals surface area contributed by atoms with Crippen LogP contribution >= 0.6 is 11.3 Å². The van der Waals surface area contributed by atoms with Gasteiger partial charge in [0.1, 0.15) is 0 Å². The first-order valence-electron chi connectivity index (χ1n) is 8.58. The number of para-hydroxylation sites is 2. The zero-order chi connectivity index (χ0) is 19.7. The summed E-state index contributed by atoms with van der Waals surface area (Å²) < 4.78 is 6.69. The normalized spacial score (nSPS) is 10.8. The zero-order valence-corrected chi connectivity index (χ0v) is 16.1. The molecule has 0 unspecified atom stereocenters. The lowest BCUT2D eigenvalue weighted by molar-refractivity contribution is 0.0600. The highest BCUT2D eigenvalue weighted by Gasteiger charge is 2.15. The number of hydrogen-bond acceptors (Lipinski definition) is 5. The number of nitrogens with one attached hydrogen (secondary N) is 1. The van der Waals surface area contributed by atoms with E-state index in [1.807, 2.05) is 41.9 Å². The van der Waals surface area contributed by atoms with Crippen molar-refractivity contribution in [2.24, 2.45) is 7.05 Å². The molecule has 140 valence electrons. The average molecular weight is 391 g/mol. The smallest absolute Gasteiger partial charge is 0.337 e. The Balaban J connectivity index is 1.54. The first kappa shape index (κ1) is 17.9. The number of benzene rings is 2. The maximum Gasteiger partial charge on any atom is 0.337 e. The Morgan fingerprint density at radius 2 is 1.79 bits per heavy atom. The monoisotopic (exact) mass is 391 g/mol. The third-order valence-electron chi connectivity index (χ3n) is 4.40. The molecular formula is C21H17N3O3S. The highest BCUT2D eigenvalue weighted by atomic mass is 32.1. The topological polar surface area (TPSA) is 73.2 Å². The van der Waals surface area contributed by atoms with Crippen LogP contribution in [0.15, 0.2) is 60.7 Å². The van der Waals surface area contributed by atoms with E-state index in [4.69, 9.17) is 0 Å². The number of fused-ring (bicyclic) bond motifs is 1. The number of amides is 1. The minimum atomic E-state index is -0.414. The third kappa shape index (κ3) is 3.27. The number of methoxy groups -OCH3 is 1. The lowest BCUT2D eigenvalue weighted by Crippen LogP contribution is -2.10. The Kier molecular flexibility index (Phi) is 4.67. The number of hydrogen-bond donors (Lipinski definition) is 1. The molecule has 0 aliphatic carbocycles. The second kappa shape index (κ2) is 7.28. The predicted molar refractivity (Wildman–Crippen MR) is 110 cm³/mol. The standard InChI is InChI=1S/C21H17N3O3S/c1-24-16-6-4-3-5-15(16)23-19(24)17-11-12-18(28-17)20(25)22-14-9-7-13(8-10-14)21(26)27-2/h3-12H,1-2H3,(H,22,25). The fourth-order valence-electron chi connectivity index (χ4n) is 2.95. The number of carbonyl (C=O) groups excluding carboxylic acids is 2. The number of esters is 1. The van der Waals surface area contributed by atoms with Crippen LogP contribution < -0.4 is 5.32 Å². The van der Waals surface area contributed by atoms with E-state index in [1.165, 1.54) is 18.4 Å². The van der Waals surface area contributed by atoms with E-state index in [-0.39, 0.29) is 5.91 Å². The number of ether oxygens (including phenoxy) is 1. The highest BCUT2D eigenvalue weighted by Crippen LogP contribution is 2.30. The number of aromatic nitrogens is 2.